The zero-order chi connectivity index (χ0) is 14.9. The van der Waals surface area contributed by atoms with Crippen LogP contribution in [0.1, 0.15) is 18.2 Å². The topological polar surface area (TPSA) is 108 Å². The highest BCUT2D eigenvalue weighted by Gasteiger charge is 2.34. The molecule has 0 spiro atoms. The molecule has 1 saturated heterocycles. The van der Waals surface area contributed by atoms with E-state index in [-0.39, 0.29) is 6.42 Å². The third-order valence-electron chi connectivity index (χ3n) is 3.01. The summed E-state index contributed by atoms with van der Waals surface area (Å²) < 4.78 is 19.3. The fraction of sp³-hybridized carbons (Fsp3) is 0.417. The Bertz CT molecular complexity index is 700. The second-order valence-electron chi connectivity index (χ2n) is 4.46. The summed E-state index contributed by atoms with van der Waals surface area (Å²) in [6.45, 7) is 1.52. The number of aliphatic hydroxyl groups is 1. The van der Waals surface area contributed by atoms with Crippen molar-refractivity contribution >= 4 is 0 Å². The first kappa shape index (κ1) is 14.2. The van der Waals surface area contributed by atoms with Gasteiger partial charge in [0.05, 0.1) is 6.10 Å². The second kappa shape index (κ2) is 5.40. The van der Waals surface area contributed by atoms with E-state index < -0.39 is 35.5 Å². The van der Waals surface area contributed by atoms with Crippen molar-refractivity contribution in [1.29, 1.82) is 5.26 Å². The van der Waals surface area contributed by atoms with E-state index >= 15 is 0 Å². The van der Waals surface area contributed by atoms with Crippen molar-refractivity contribution in [2.75, 3.05) is 0 Å². The zero-order valence-electron chi connectivity index (χ0n) is 10.5. The van der Waals surface area contributed by atoms with Crippen LogP contribution in [0.5, 0.6) is 0 Å². The Labute approximate surface area is 112 Å². The largest absolute Gasteiger partial charge is 0.390 e. The number of aromatic nitrogens is 2. The number of rotatable bonds is 2. The van der Waals surface area contributed by atoms with Gasteiger partial charge in [0.15, 0.2) is 5.83 Å². The molecular formula is C12H12FN3O4. The number of hydrogen-bond acceptors (Lipinski definition) is 5. The predicted octanol–water partition coefficient (Wildman–Crippen LogP) is -0.130. The first-order valence-corrected chi connectivity index (χ1v) is 5.85. The van der Waals surface area contributed by atoms with Crippen LogP contribution in [0.4, 0.5) is 4.39 Å². The number of aliphatic hydroxyl groups excluding tert-OH is 1. The van der Waals surface area contributed by atoms with Crippen LogP contribution in [0.15, 0.2) is 27.7 Å². The number of nitrogens with zero attached hydrogens (tertiary/aromatic N) is 2. The van der Waals surface area contributed by atoms with Crippen molar-refractivity contribution in [1.82, 2.24) is 9.55 Å². The fourth-order valence-corrected chi connectivity index (χ4v) is 1.98. The van der Waals surface area contributed by atoms with Crippen LogP contribution in [-0.2, 0) is 4.74 Å². The quantitative estimate of drug-likeness (QED) is 0.734. The van der Waals surface area contributed by atoms with Gasteiger partial charge in [-0.2, -0.15) is 9.65 Å². The molecule has 1 aliphatic rings. The van der Waals surface area contributed by atoms with Gasteiger partial charge < -0.3 is 9.84 Å². The number of aromatic amines is 1. The lowest BCUT2D eigenvalue weighted by atomic mass is 10.1. The van der Waals surface area contributed by atoms with Crippen LogP contribution in [0, 0.1) is 18.3 Å². The third kappa shape index (κ3) is 2.68. The molecular weight excluding hydrogens is 269 g/mol. The molecule has 8 heteroatoms. The molecule has 106 valence electrons. The first-order valence-electron chi connectivity index (χ1n) is 5.85. The minimum absolute atomic E-state index is 0.0469. The highest BCUT2D eigenvalue weighted by atomic mass is 19.1. The Kier molecular flexibility index (Phi) is 3.83. The molecule has 0 unspecified atom stereocenters. The highest BCUT2D eigenvalue weighted by Crippen LogP contribution is 2.28. The van der Waals surface area contributed by atoms with E-state index in [1.54, 1.807) is 0 Å². The predicted molar refractivity (Wildman–Crippen MR) is 65.4 cm³/mol. The van der Waals surface area contributed by atoms with Crippen LogP contribution in [0.2, 0.25) is 0 Å². The van der Waals surface area contributed by atoms with E-state index in [1.165, 1.54) is 19.2 Å². The van der Waals surface area contributed by atoms with E-state index in [0.29, 0.717) is 5.56 Å². The molecule has 0 amide bonds. The lowest BCUT2D eigenvalue weighted by Gasteiger charge is -2.14. The Morgan fingerprint density at radius 2 is 2.40 bits per heavy atom. The maximum atomic E-state index is 12.9. The van der Waals surface area contributed by atoms with Crippen molar-refractivity contribution in [2.45, 2.75) is 31.8 Å². The molecule has 2 rings (SSSR count). The van der Waals surface area contributed by atoms with Gasteiger partial charge in [-0.3, -0.25) is 14.3 Å². The molecule has 1 fully saturated rings. The smallest absolute Gasteiger partial charge is 0.330 e. The normalized spacial score (nSPS) is 26.5. The van der Waals surface area contributed by atoms with Crippen LogP contribution in [0.25, 0.3) is 0 Å². The monoisotopic (exact) mass is 281 g/mol. The van der Waals surface area contributed by atoms with Crippen molar-refractivity contribution < 1.29 is 14.2 Å². The van der Waals surface area contributed by atoms with Gasteiger partial charge in [0.2, 0.25) is 0 Å². The summed E-state index contributed by atoms with van der Waals surface area (Å²) in [6, 6.07) is 1.28. The second-order valence-corrected chi connectivity index (χ2v) is 4.46. The summed E-state index contributed by atoms with van der Waals surface area (Å²) >= 11 is 0. The summed E-state index contributed by atoms with van der Waals surface area (Å²) in [5, 5.41) is 18.1. The number of ether oxygens (including phenoxy) is 1. The number of nitriles is 1. The lowest BCUT2D eigenvalue weighted by Crippen LogP contribution is -2.33. The van der Waals surface area contributed by atoms with Gasteiger partial charge in [0.1, 0.15) is 18.4 Å². The fourth-order valence-electron chi connectivity index (χ4n) is 1.98. The maximum absolute atomic E-state index is 12.9. The summed E-state index contributed by atoms with van der Waals surface area (Å²) in [7, 11) is 0. The van der Waals surface area contributed by atoms with Gasteiger partial charge in [-0.15, -0.1) is 0 Å². The van der Waals surface area contributed by atoms with E-state index in [4.69, 9.17) is 10.00 Å². The molecule has 1 aromatic heterocycles. The summed E-state index contributed by atoms with van der Waals surface area (Å²) in [5.41, 5.74) is -0.871. The standard InChI is InChI=1S/C12H12FN3O4/c1-6-5-16(12(19)15-11(6)18)10-3-8(17)9(20-10)2-7(13)4-14/h2,5,8-10,17H,3H2,1H3,(H,15,18,19)/b7-2+/t8-,9+,10+/m0/s1. The van der Waals surface area contributed by atoms with Crippen LogP contribution < -0.4 is 11.2 Å². The van der Waals surface area contributed by atoms with Gasteiger partial charge >= 0.3 is 5.69 Å². The molecule has 3 atom stereocenters. The average Bonchev–Trinajstić information content (AvgIpc) is 2.75. The number of hydrogen-bond donors (Lipinski definition) is 2. The van der Waals surface area contributed by atoms with E-state index in [2.05, 4.69) is 4.98 Å². The Morgan fingerprint density at radius 1 is 1.70 bits per heavy atom. The van der Waals surface area contributed by atoms with Gasteiger partial charge in [-0.05, 0) is 13.0 Å². The molecule has 7 nitrogen and oxygen atoms in total. The number of nitrogens with one attached hydrogen (secondary N) is 1. The minimum Gasteiger partial charge on any atom is -0.390 e. The Morgan fingerprint density at radius 3 is 3.05 bits per heavy atom. The van der Waals surface area contributed by atoms with E-state index in [1.807, 2.05) is 0 Å². The van der Waals surface area contributed by atoms with Crippen molar-refractivity contribution in [3.05, 3.63) is 44.5 Å². The molecule has 2 heterocycles. The summed E-state index contributed by atoms with van der Waals surface area (Å²) in [5.74, 6) is -1.07. The maximum Gasteiger partial charge on any atom is 0.330 e. The number of allylic oxidation sites excluding steroid dienone is 1. The van der Waals surface area contributed by atoms with Crippen LogP contribution >= 0.6 is 0 Å². The molecule has 1 aliphatic heterocycles. The summed E-state index contributed by atoms with van der Waals surface area (Å²) in [6.07, 6.45) is -0.678. The summed E-state index contributed by atoms with van der Waals surface area (Å²) in [4.78, 5) is 25.1. The van der Waals surface area contributed by atoms with Gasteiger partial charge in [-0.1, -0.05) is 0 Å². The molecule has 2 N–H and O–H groups in total. The van der Waals surface area contributed by atoms with Crippen molar-refractivity contribution in [3.8, 4) is 6.07 Å². The first-order chi connectivity index (χ1) is 9.42. The highest BCUT2D eigenvalue weighted by molar-refractivity contribution is 5.15. The van der Waals surface area contributed by atoms with Crippen LogP contribution in [-0.4, -0.2) is 26.9 Å². The Hall–Kier alpha value is -2.24. The number of aryl methyl sites for hydroxylation is 1. The Balaban J connectivity index is 2.30. The lowest BCUT2D eigenvalue weighted by molar-refractivity contribution is 0.00400. The van der Waals surface area contributed by atoms with Crippen LogP contribution in [0.3, 0.4) is 0 Å². The molecule has 0 saturated carbocycles. The van der Waals surface area contributed by atoms with Gasteiger partial charge in [-0.25, -0.2) is 4.79 Å². The molecule has 0 radical (unpaired) electrons. The molecule has 0 aliphatic carbocycles. The van der Waals surface area contributed by atoms with Gasteiger partial charge in [0.25, 0.3) is 5.56 Å². The zero-order valence-corrected chi connectivity index (χ0v) is 10.5. The average molecular weight is 281 g/mol. The molecule has 0 bridgehead atoms. The van der Waals surface area contributed by atoms with Crippen molar-refractivity contribution in [3.63, 3.8) is 0 Å². The van der Waals surface area contributed by atoms with Gasteiger partial charge in [0, 0.05) is 18.2 Å². The van der Waals surface area contributed by atoms with E-state index in [0.717, 1.165) is 10.6 Å². The number of H-pyrrole nitrogens is 1. The van der Waals surface area contributed by atoms with E-state index in [9.17, 15) is 19.1 Å². The molecule has 20 heavy (non-hydrogen) atoms. The minimum atomic E-state index is -1.07. The SMILES string of the molecule is Cc1cn([C@H]2C[C@H](O)[C@@H](/C=C(/F)C#N)O2)c(=O)[nH]c1=O. The van der Waals surface area contributed by atoms with Crippen molar-refractivity contribution in [2.24, 2.45) is 0 Å². The number of halogens is 1. The molecule has 0 aromatic carbocycles. The third-order valence-corrected chi connectivity index (χ3v) is 3.01. The molecule has 1 aromatic rings.